The fourth-order valence-corrected chi connectivity index (χ4v) is 9.51. The minimum Gasteiger partial charge on any atom is -0.139 e. The molecule has 3 aromatic heterocycles. The molecule has 1 atom stereocenters. The minimum atomic E-state index is 0.629. The lowest BCUT2D eigenvalue weighted by Gasteiger charge is -2.08. The standard InChI is InChI=1S/C31H40S4/c1-4-5-6-7-8-9-10-11-12-13-24-14-16-26(32-24)28-18-20-30(34-28)31-21-19-29(35-31)27-17-15-25(33-27)22-23(2)3/h4,14-15,17-21,23,26H,1,5-13,16,22H2,2-3H3. The SMILES string of the molecule is C=CCCCCCCCCCC1=CCC(c2ccc(-c3ccc(-c4ccc(CC(C)C)s4)s3)s2)S1. The molecule has 0 radical (unpaired) electrons. The number of hydrogen-bond acceptors (Lipinski definition) is 4. The summed E-state index contributed by atoms with van der Waals surface area (Å²) < 4.78 is 0. The molecule has 0 aromatic carbocycles. The van der Waals surface area contributed by atoms with E-state index in [1.165, 1.54) is 95.0 Å². The van der Waals surface area contributed by atoms with Gasteiger partial charge in [0.25, 0.3) is 0 Å². The Kier molecular flexibility index (Phi) is 10.8. The van der Waals surface area contributed by atoms with E-state index in [1.54, 1.807) is 9.78 Å². The molecule has 0 bridgehead atoms. The fraction of sp³-hybridized carbons (Fsp3) is 0.484. The molecular formula is C31H40S4. The molecule has 0 spiro atoms. The Hall–Kier alpha value is -1.07. The van der Waals surface area contributed by atoms with Crippen molar-refractivity contribution in [1.82, 2.24) is 0 Å². The van der Waals surface area contributed by atoms with Crippen LogP contribution in [0.15, 0.2) is 60.0 Å². The average molecular weight is 541 g/mol. The van der Waals surface area contributed by atoms with Gasteiger partial charge in [-0.25, -0.2) is 0 Å². The molecule has 1 unspecified atom stereocenters. The lowest BCUT2D eigenvalue weighted by molar-refractivity contribution is 0.583. The summed E-state index contributed by atoms with van der Waals surface area (Å²) in [6.45, 7) is 8.41. The van der Waals surface area contributed by atoms with Crippen LogP contribution in [0.1, 0.15) is 93.1 Å². The summed E-state index contributed by atoms with van der Waals surface area (Å²) in [5, 5.41) is 0.629. The van der Waals surface area contributed by atoms with Gasteiger partial charge in [-0.15, -0.1) is 52.4 Å². The van der Waals surface area contributed by atoms with Gasteiger partial charge in [0.05, 0.1) is 0 Å². The van der Waals surface area contributed by atoms with Crippen LogP contribution in [0.3, 0.4) is 0 Å². The van der Waals surface area contributed by atoms with Crippen LogP contribution in [-0.2, 0) is 6.42 Å². The van der Waals surface area contributed by atoms with E-state index in [4.69, 9.17) is 0 Å². The lowest BCUT2D eigenvalue weighted by Crippen LogP contribution is -1.89. The van der Waals surface area contributed by atoms with Gasteiger partial charge in [-0.1, -0.05) is 58.1 Å². The van der Waals surface area contributed by atoms with Gasteiger partial charge in [0.2, 0.25) is 0 Å². The zero-order chi connectivity index (χ0) is 24.5. The average Bonchev–Trinajstić information content (AvgIpc) is 3.63. The summed E-state index contributed by atoms with van der Waals surface area (Å²) in [4.78, 5) is 10.3. The van der Waals surface area contributed by atoms with Crippen LogP contribution in [0.25, 0.3) is 19.5 Å². The van der Waals surface area contributed by atoms with Gasteiger partial charge < -0.3 is 0 Å². The Labute approximate surface area is 229 Å². The first-order valence-corrected chi connectivity index (χ1v) is 16.7. The maximum atomic E-state index is 3.81. The predicted molar refractivity (Wildman–Crippen MR) is 164 cm³/mol. The molecule has 0 saturated heterocycles. The normalized spacial score (nSPS) is 15.7. The van der Waals surface area contributed by atoms with E-state index in [2.05, 4.69) is 74.7 Å². The van der Waals surface area contributed by atoms with Crippen molar-refractivity contribution in [3.8, 4) is 19.5 Å². The van der Waals surface area contributed by atoms with Crippen molar-refractivity contribution in [1.29, 1.82) is 0 Å². The van der Waals surface area contributed by atoms with Gasteiger partial charge in [-0.3, -0.25) is 0 Å². The van der Waals surface area contributed by atoms with E-state index in [0.717, 1.165) is 5.92 Å². The molecule has 1 aliphatic rings. The van der Waals surface area contributed by atoms with E-state index < -0.39 is 0 Å². The van der Waals surface area contributed by atoms with E-state index in [1.807, 2.05) is 40.1 Å². The summed E-state index contributed by atoms with van der Waals surface area (Å²) in [5.74, 6) is 0.718. The molecular weight excluding hydrogens is 501 g/mol. The molecule has 188 valence electrons. The molecule has 1 aliphatic heterocycles. The van der Waals surface area contributed by atoms with Crippen molar-refractivity contribution >= 4 is 45.8 Å². The Morgan fingerprint density at radius 1 is 0.800 bits per heavy atom. The zero-order valence-corrected chi connectivity index (χ0v) is 24.7. The third kappa shape index (κ3) is 8.21. The number of allylic oxidation sites excluding steroid dienone is 3. The molecule has 4 rings (SSSR count). The monoisotopic (exact) mass is 540 g/mol. The second kappa shape index (κ2) is 14.0. The molecule has 4 heteroatoms. The summed E-state index contributed by atoms with van der Waals surface area (Å²) in [5.41, 5.74) is 0. The molecule has 0 saturated carbocycles. The number of unbranched alkanes of at least 4 members (excludes halogenated alkanes) is 7. The van der Waals surface area contributed by atoms with Crippen molar-refractivity contribution in [2.24, 2.45) is 5.92 Å². The highest BCUT2D eigenvalue weighted by Crippen LogP contribution is 2.49. The van der Waals surface area contributed by atoms with E-state index in [9.17, 15) is 0 Å². The van der Waals surface area contributed by atoms with Crippen LogP contribution in [0.2, 0.25) is 0 Å². The molecule has 3 aromatic rings. The number of thiophene rings is 3. The molecule has 35 heavy (non-hydrogen) atoms. The maximum Gasteiger partial charge on any atom is 0.0470 e. The topological polar surface area (TPSA) is 0 Å². The summed E-state index contributed by atoms with van der Waals surface area (Å²) >= 11 is 8.04. The maximum absolute atomic E-state index is 3.81. The third-order valence-electron chi connectivity index (χ3n) is 6.49. The molecule has 0 amide bonds. The third-order valence-corrected chi connectivity index (χ3v) is 11.8. The second-order valence-corrected chi connectivity index (χ2v) is 14.7. The minimum absolute atomic E-state index is 0.629. The lowest BCUT2D eigenvalue weighted by atomic mass is 10.1. The largest absolute Gasteiger partial charge is 0.139 e. The van der Waals surface area contributed by atoms with Crippen LogP contribution in [0, 0.1) is 5.92 Å². The summed E-state index contributed by atoms with van der Waals surface area (Å²) in [6, 6.07) is 14.0. The van der Waals surface area contributed by atoms with Crippen molar-refractivity contribution in [2.45, 2.75) is 89.7 Å². The van der Waals surface area contributed by atoms with Crippen molar-refractivity contribution < 1.29 is 0 Å². The van der Waals surface area contributed by atoms with Gasteiger partial charge in [0.15, 0.2) is 0 Å². The molecule has 0 fully saturated rings. The van der Waals surface area contributed by atoms with Crippen molar-refractivity contribution in [3.05, 3.63) is 69.8 Å². The van der Waals surface area contributed by atoms with Gasteiger partial charge >= 0.3 is 0 Å². The number of hydrogen-bond donors (Lipinski definition) is 0. The Morgan fingerprint density at radius 3 is 2.17 bits per heavy atom. The smallest absolute Gasteiger partial charge is 0.0470 e. The Balaban J connectivity index is 1.21. The second-order valence-electron chi connectivity index (χ2n) is 10.0. The van der Waals surface area contributed by atoms with Crippen LogP contribution < -0.4 is 0 Å². The van der Waals surface area contributed by atoms with Gasteiger partial charge in [-0.2, -0.15) is 0 Å². The number of thioether (sulfide) groups is 1. The van der Waals surface area contributed by atoms with E-state index in [0.29, 0.717) is 5.25 Å². The first kappa shape index (κ1) is 27.0. The van der Waals surface area contributed by atoms with Crippen LogP contribution >= 0.6 is 45.8 Å². The van der Waals surface area contributed by atoms with Crippen LogP contribution in [0.5, 0.6) is 0 Å². The molecule has 0 nitrogen and oxygen atoms in total. The highest BCUT2D eigenvalue weighted by molar-refractivity contribution is 8.03. The summed E-state index contributed by atoms with van der Waals surface area (Å²) in [6.07, 6.45) is 19.0. The van der Waals surface area contributed by atoms with Crippen molar-refractivity contribution in [3.63, 3.8) is 0 Å². The summed E-state index contributed by atoms with van der Waals surface area (Å²) in [7, 11) is 0. The van der Waals surface area contributed by atoms with Gasteiger partial charge in [-0.05, 0) is 85.7 Å². The fourth-order valence-electron chi connectivity index (χ4n) is 4.61. The van der Waals surface area contributed by atoms with Crippen LogP contribution in [-0.4, -0.2) is 0 Å². The van der Waals surface area contributed by atoms with Gasteiger partial charge in [0.1, 0.15) is 0 Å². The first-order chi connectivity index (χ1) is 17.1. The molecule has 4 heterocycles. The zero-order valence-electron chi connectivity index (χ0n) is 21.4. The van der Waals surface area contributed by atoms with Crippen molar-refractivity contribution in [2.75, 3.05) is 0 Å². The van der Waals surface area contributed by atoms with E-state index in [-0.39, 0.29) is 0 Å². The molecule has 0 aliphatic carbocycles. The number of rotatable bonds is 15. The highest BCUT2D eigenvalue weighted by Gasteiger charge is 2.21. The Morgan fingerprint density at radius 2 is 1.43 bits per heavy atom. The van der Waals surface area contributed by atoms with Gasteiger partial charge in [0, 0.05) is 34.5 Å². The predicted octanol–water partition coefficient (Wildman–Crippen LogP) is 12.2. The quantitative estimate of drug-likeness (QED) is 0.136. The first-order valence-electron chi connectivity index (χ1n) is 13.4. The highest BCUT2D eigenvalue weighted by atomic mass is 32.2. The van der Waals surface area contributed by atoms with E-state index >= 15 is 0 Å². The van der Waals surface area contributed by atoms with Crippen LogP contribution in [0.4, 0.5) is 0 Å². The Bertz CT molecular complexity index is 1080. The molecule has 0 N–H and O–H groups in total.